The number of hydrogen-bond acceptors (Lipinski definition) is 4. The van der Waals surface area contributed by atoms with Crippen molar-refractivity contribution >= 4 is 5.91 Å². The van der Waals surface area contributed by atoms with E-state index < -0.39 is 0 Å². The van der Waals surface area contributed by atoms with Crippen LogP contribution in [0.3, 0.4) is 0 Å². The summed E-state index contributed by atoms with van der Waals surface area (Å²) in [6.45, 7) is 4.06. The Morgan fingerprint density at radius 2 is 2.29 bits per heavy atom. The topological polar surface area (TPSA) is 73.4 Å². The van der Waals surface area contributed by atoms with Gasteiger partial charge in [0.1, 0.15) is 0 Å². The molecule has 0 aliphatic carbocycles. The summed E-state index contributed by atoms with van der Waals surface area (Å²) >= 11 is 0. The molecule has 2 heterocycles. The minimum atomic E-state index is -0.107. The minimum absolute atomic E-state index is 0.0550. The van der Waals surface area contributed by atoms with E-state index in [2.05, 4.69) is 12.0 Å². The lowest BCUT2D eigenvalue weighted by Gasteiger charge is -2.33. The van der Waals surface area contributed by atoms with Crippen LogP contribution in [0.2, 0.25) is 0 Å². The summed E-state index contributed by atoms with van der Waals surface area (Å²) in [5, 5.41) is 4.38. The van der Waals surface area contributed by atoms with Crippen molar-refractivity contribution in [3.63, 3.8) is 0 Å². The van der Waals surface area contributed by atoms with Crippen LogP contribution < -0.4 is 5.73 Å². The van der Waals surface area contributed by atoms with Crippen LogP contribution in [0.1, 0.15) is 44.3 Å². The number of aryl methyl sites for hydroxylation is 1. The predicted octanol–water partition coefficient (Wildman–Crippen LogP) is 1.32. The van der Waals surface area contributed by atoms with E-state index in [1.807, 2.05) is 15.6 Å². The second kappa shape index (κ2) is 7.56. The molecule has 21 heavy (non-hydrogen) atoms. The third kappa shape index (κ3) is 3.63. The van der Waals surface area contributed by atoms with E-state index in [1.165, 1.54) is 0 Å². The molecule has 1 fully saturated rings. The molecule has 1 aromatic heterocycles. The first-order chi connectivity index (χ1) is 10.2. The van der Waals surface area contributed by atoms with Crippen molar-refractivity contribution in [1.29, 1.82) is 0 Å². The number of carbonyl (C=O) groups excluding carboxylic acids is 1. The Balaban J connectivity index is 2.32. The van der Waals surface area contributed by atoms with Crippen LogP contribution in [0.15, 0.2) is 12.3 Å². The van der Waals surface area contributed by atoms with Crippen LogP contribution in [0.4, 0.5) is 0 Å². The normalized spacial score (nSPS) is 23.4. The molecule has 118 valence electrons. The number of likely N-dealkylation sites (tertiary alicyclic amines) is 1. The van der Waals surface area contributed by atoms with Crippen LogP contribution in [0, 0.1) is 0 Å². The average molecular weight is 294 g/mol. The molecule has 1 aliphatic rings. The Labute approximate surface area is 126 Å². The summed E-state index contributed by atoms with van der Waals surface area (Å²) in [6, 6.07) is 1.82. The van der Waals surface area contributed by atoms with E-state index in [0.717, 1.165) is 31.5 Å². The Bertz CT molecular complexity index is 460. The molecule has 1 amide bonds. The Morgan fingerprint density at radius 3 is 3.00 bits per heavy atom. The number of amides is 1. The SMILES string of the molecule is CCCn1nccc1C1C(N)CCCC(=O)N1CCOC. The summed E-state index contributed by atoms with van der Waals surface area (Å²) in [6.07, 6.45) is 5.07. The molecular weight excluding hydrogens is 268 g/mol. The number of aromatic nitrogens is 2. The van der Waals surface area contributed by atoms with Gasteiger partial charge in [0.2, 0.25) is 5.91 Å². The summed E-state index contributed by atoms with van der Waals surface area (Å²) in [4.78, 5) is 14.3. The lowest BCUT2D eigenvalue weighted by molar-refractivity contribution is -0.134. The first kappa shape index (κ1) is 16.0. The number of hydrogen-bond donors (Lipinski definition) is 1. The lowest BCUT2D eigenvalue weighted by atomic mass is 10.0. The second-order valence-corrected chi connectivity index (χ2v) is 5.56. The fourth-order valence-corrected chi connectivity index (χ4v) is 3.00. The highest BCUT2D eigenvalue weighted by Gasteiger charge is 2.34. The molecule has 6 nitrogen and oxygen atoms in total. The van der Waals surface area contributed by atoms with Gasteiger partial charge in [0.25, 0.3) is 0 Å². The van der Waals surface area contributed by atoms with Gasteiger partial charge in [-0.2, -0.15) is 5.10 Å². The van der Waals surface area contributed by atoms with Crippen molar-refractivity contribution in [2.75, 3.05) is 20.3 Å². The van der Waals surface area contributed by atoms with Crippen molar-refractivity contribution in [1.82, 2.24) is 14.7 Å². The summed E-state index contributed by atoms with van der Waals surface area (Å²) in [5.74, 6) is 0.161. The zero-order chi connectivity index (χ0) is 15.2. The number of nitrogens with zero attached hydrogens (tertiary/aromatic N) is 3. The standard InChI is InChI=1S/C15H26N4O2/c1-3-9-19-13(7-8-17-19)15-12(16)5-4-6-14(20)18(15)10-11-21-2/h7-8,12,15H,3-6,9-11,16H2,1-2H3. The van der Waals surface area contributed by atoms with Crippen molar-refractivity contribution in [3.8, 4) is 0 Å². The van der Waals surface area contributed by atoms with Crippen LogP contribution >= 0.6 is 0 Å². The van der Waals surface area contributed by atoms with Crippen molar-refractivity contribution in [2.45, 2.75) is 51.2 Å². The molecule has 0 saturated carbocycles. The molecule has 0 spiro atoms. The summed E-state index contributed by atoms with van der Waals surface area (Å²) in [5.41, 5.74) is 7.42. The monoisotopic (exact) mass is 294 g/mol. The van der Waals surface area contributed by atoms with Gasteiger partial charge in [0.15, 0.2) is 0 Å². The molecule has 0 radical (unpaired) electrons. The van der Waals surface area contributed by atoms with Crippen LogP contribution in [-0.2, 0) is 16.1 Å². The molecule has 0 aromatic carbocycles. The largest absolute Gasteiger partial charge is 0.383 e. The summed E-state index contributed by atoms with van der Waals surface area (Å²) < 4.78 is 7.13. The first-order valence-corrected chi connectivity index (χ1v) is 7.74. The number of carbonyl (C=O) groups is 1. The first-order valence-electron chi connectivity index (χ1n) is 7.74. The van der Waals surface area contributed by atoms with Gasteiger partial charge in [-0.05, 0) is 25.3 Å². The lowest BCUT2D eigenvalue weighted by Crippen LogP contribution is -2.44. The van der Waals surface area contributed by atoms with Crippen LogP contribution in [0.25, 0.3) is 0 Å². The molecule has 0 bridgehead atoms. The molecule has 1 aromatic rings. The van der Waals surface area contributed by atoms with Crippen LogP contribution in [0.5, 0.6) is 0 Å². The van der Waals surface area contributed by atoms with Gasteiger partial charge in [0, 0.05) is 38.9 Å². The summed E-state index contributed by atoms with van der Waals surface area (Å²) in [7, 11) is 1.65. The maximum atomic E-state index is 12.4. The molecule has 6 heteroatoms. The number of rotatable bonds is 6. The Morgan fingerprint density at radius 1 is 1.48 bits per heavy atom. The minimum Gasteiger partial charge on any atom is -0.383 e. The fourth-order valence-electron chi connectivity index (χ4n) is 3.00. The quantitative estimate of drug-likeness (QED) is 0.859. The van der Waals surface area contributed by atoms with Gasteiger partial charge in [-0.25, -0.2) is 0 Å². The highest BCUT2D eigenvalue weighted by Crippen LogP contribution is 2.30. The predicted molar refractivity (Wildman–Crippen MR) is 80.7 cm³/mol. The van der Waals surface area contributed by atoms with Gasteiger partial charge in [0.05, 0.1) is 18.3 Å². The van der Waals surface area contributed by atoms with Crippen molar-refractivity contribution in [2.24, 2.45) is 5.73 Å². The van der Waals surface area contributed by atoms with Gasteiger partial charge in [-0.1, -0.05) is 6.92 Å². The zero-order valence-electron chi connectivity index (χ0n) is 13.0. The Hall–Kier alpha value is -1.40. The van der Waals surface area contributed by atoms with E-state index in [0.29, 0.717) is 19.6 Å². The molecular formula is C15H26N4O2. The van der Waals surface area contributed by atoms with E-state index in [9.17, 15) is 4.79 Å². The van der Waals surface area contributed by atoms with E-state index in [1.54, 1.807) is 13.3 Å². The second-order valence-electron chi connectivity index (χ2n) is 5.56. The molecule has 2 unspecified atom stereocenters. The van der Waals surface area contributed by atoms with Gasteiger partial charge >= 0.3 is 0 Å². The van der Waals surface area contributed by atoms with Gasteiger partial charge in [-0.3, -0.25) is 9.48 Å². The van der Waals surface area contributed by atoms with Gasteiger partial charge in [-0.15, -0.1) is 0 Å². The third-order valence-corrected chi connectivity index (χ3v) is 4.01. The average Bonchev–Trinajstić information content (AvgIpc) is 2.85. The van der Waals surface area contributed by atoms with Crippen molar-refractivity contribution in [3.05, 3.63) is 18.0 Å². The van der Waals surface area contributed by atoms with E-state index in [4.69, 9.17) is 10.5 Å². The molecule has 1 aliphatic heterocycles. The molecule has 2 N–H and O–H groups in total. The zero-order valence-corrected chi connectivity index (χ0v) is 13.0. The van der Waals surface area contributed by atoms with Crippen molar-refractivity contribution < 1.29 is 9.53 Å². The number of nitrogens with two attached hydrogens (primary N) is 1. The van der Waals surface area contributed by atoms with Crippen LogP contribution in [-0.4, -0.2) is 46.9 Å². The highest BCUT2D eigenvalue weighted by atomic mass is 16.5. The third-order valence-electron chi connectivity index (χ3n) is 4.01. The number of methoxy groups -OCH3 is 1. The maximum absolute atomic E-state index is 12.4. The van der Waals surface area contributed by atoms with Gasteiger partial charge < -0.3 is 15.4 Å². The molecule has 2 rings (SSSR count). The Kier molecular flexibility index (Phi) is 5.76. The van der Waals surface area contributed by atoms with E-state index in [-0.39, 0.29) is 18.0 Å². The maximum Gasteiger partial charge on any atom is 0.223 e. The fraction of sp³-hybridized carbons (Fsp3) is 0.733. The molecule has 2 atom stereocenters. The van der Waals surface area contributed by atoms with E-state index >= 15 is 0 Å². The number of ether oxygens (including phenoxy) is 1. The highest BCUT2D eigenvalue weighted by molar-refractivity contribution is 5.77. The smallest absolute Gasteiger partial charge is 0.223 e. The molecule has 1 saturated heterocycles.